The lowest BCUT2D eigenvalue weighted by molar-refractivity contribution is -0.114. The molecule has 2 aromatic heterocycles. The van der Waals surface area contributed by atoms with Crippen LogP contribution >= 0.6 is 34.4 Å². The molecule has 2 heterocycles. The van der Waals surface area contributed by atoms with Crippen LogP contribution in [0.2, 0.25) is 0 Å². The van der Waals surface area contributed by atoms with Crippen molar-refractivity contribution >= 4 is 68.9 Å². The zero-order valence-electron chi connectivity index (χ0n) is 25.2. The van der Waals surface area contributed by atoms with E-state index in [1.807, 2.05) is 35.0 Å². The number of nitrogens with one attached hydrogen (secondary N) is 3. The third-order valence-electron chi connectivity index (χ3n) is 7.75. The highest BCUT2D eigenvalue weighted by molar-refractivity contribution is 8.00. The average Bonchev–Trinajstić information content (AvgIpc) is 3.74. The van der Waals surface area contributed by atoms with Gasteiger partial charge in [-0.15, -0.1) is 23.1 Å². The minimum absolute atomic E-state index is 0.108. The molecule has 0 radical (unpaired) electrons. The molecule has 7 nitrogen and oxygen atoms in total. The third kappa shape index (κ3) is 8.07. The van der Waals surface area contributed by atoms with Crippen LogP contribution in [0.3, 0.4) is 0 Å². The Kier molecular flexibility index (Phi) is 10.3. The van der Waals surface area contributed by atoms with Gasteiger partial charge in [0.2, 0.25) is 5.91 Å². The number of carbonyl (C=O) groups excluding carboxylic acids is 3. The Hall–Kier alpha value is -4.95. The summed E-state index contributed by atoms with van der Waals surface area (Å²) in [6, 6.07) is 30.5. The van der Waals surface area contributed by atoms with E-state index in [1.54, 1.807) is 48.5 Å². The number of hydrogen-bond acceptors (Lipinski definition) is 7. The zero-order chi connectivity index (χ0) is 32.6. The summed E-state index contributed by atoms with van der Waals surface area (Å²) in [5.74, 6) is -0.527. The van der Waals surface area contributed by atoms with Gasteiger partial charge in [0.15, 0.2) is 0 Å². The molecular formula is C37H30N4O3S3. The minimum atomic E-state index is -0.472. The Bertz CT molecular complexity index is 1960. The van der Waals surface area contributed by atoms with Crippen LogP contribution in [-0.2, 0) is 22.4 Å². The van der Waals surface area contributed by atoms with Gasteiger partial charge in [-0.25, -0.2) is 0 Å². The van der Waals surface area contributed by atoms with Crippen molar-refractivity contribution in [2.24, 2.45) is 0 Å². The van der Waals surface area contributed by atoms with E-state index >= 15 is 0 Å². The van der Waals surface area contributed by atoms with Gasteiger partial charge in [-0.05, 0) is 95.1 Å². The van der Waals surface area contributed by atoms with Crippen molar-refractivity contribution in [1.29, 1.82) is 5.26 Å². The van der Waals surface area contributed by atoms with Crippen molar-refractivity contribution in [3.8, 4) is 6.07 Å². The highest BCUT2D eigenvalue weighted by Gasteiger charge is 2.27. The number of amides is 3. The van der Waals surface area contributed by atoms with Gasteiger partial charge in [0, 0.05) is 21.0 Å². The van der Waals surface area contributed by atoms with Crippen molar-refractivity contribution < 1.29 is 14.4 Å². The second kappa shape index (κ2) is 15.1. The SMILES string of the molecule is N#Cc1c(NC(=O)CSc2cccc(NC(=O)/C(=C/c3ccsc3)NC(=O)c3ccccc3)c2)sc2c1CCC(c1ccccc1)C2. The summed E-state index contributed by atoms with van der Waals surface area (Å²) in [7, 11) is 0. The Morgan fingerprint density at radius 3 is 2.49 bits per heavy atom. The van der Waals surface area contributed by atoms with E-state index in [0.29, 0.717) is 27.7 Å². The maximum atomic E-state index is 13.3. The number of nitriles is 1. The number of fused-ring (bicyclic) bond motifs is 1. The fourth-order valence-electron chi connectivity index (χ4n) is 5.44. The van der Waals surface area contributed by atoms with Gasteiger partial charge in [0.25, 0.3) is 11.8 Å². The first-order valence-electron chi connectivity index (χ1n) is 15.0. The van der Waals surface area contributed by atoms with E-state index in [0.717, 1.165) is 35.3 Å². The fourth-order valence-corrected chi connectivity index (χ4v) is 8.11. The summed E-state index contributed by atoms with van der Waals surface area (Å²) in [6.07, 6.45) is 4.29. The second-order valence-corrected chi connectivity index (χ2v) is 13.9. The molecule has 47 heavy (non-hydrogen) atoms. The molecule has 10 heteroatoms. The van der Waals surface area contributed by atoms with Crippen molar-refractivity contribution in [1.82, 2.24) is 5.32 Å². The molecular weight excluding hydrogens is 645 g/mol. The molecule has 1 atom stereocenters. The molecule has 0 bridgehead atoms. The number of hydrogen-bond donors (Lipinski definition) is 3. The van der Waals surface area contributed by atoms with E-state index in [9.17, 15) is 19.6 Å². The van der Waals surface area contributed by atoms with Crippen LogP contribution in [0.5, 0.6) is 0 Å². The first-order valence-corrected chi connectivity index (χ1v) is 17.7. The van der Waals surface area contributed by atoms with Gasteiger partial charge in [0.1, 0.15) is 16.8 Å². The predicted octanol–water partition coefficient (Wildman–Crippen LogP) is 8.09. The normalized spacial score (nSPS) is 14.0. The maximum absolute atomic E-state index is 13.3. The predicted molar refractivity (Wildman–Crippen MR) is 191 cm³/mol. The fraction of sp³-hybridized carbons (Fsp3) is 0.135. The van der Waals surface area contributed by atoms with Crippen LogP contribution in [0.4, 0.5) is 10.7 Å². The Morgan fingerprint density at radius 2 is 1.74 bits per heavy atom. The molecule has 0 spiro atoms. The first kappa shape index (κ1) is 32.0. The van der Waals surface area contributed by atoms with Gasteiger partial charge in [0.05, 0.1) is 11.3 Å². The Balaban J connectivity index is 1.08. The molecule has 5 aromatic rings. The van der Waals surface area contributed by atoms with Gasteiger partial charge in [-0.2, -0.15) is 16.6 Å². The molecule has 6 rings (SSSR count). The number of anilines is 2. The van der Waals surface area contributed by atoms with Crippen LogP contribution in [0.1, 0.15) is 49.8 Å². The van der Waals surface area contributed by atoms with E-state index < -0.39 is 5.91 Å². The molecule has 3 N–H and O–H groups in total. The van der Waals surface area contributed by atoms with E-state index in [4.69, 9.17) is 0 Å². The second-order valence-electron chi connectivity index (χ2n) is 10.9. The third-order valence-corrected chi connectivity index (χ3v) is 10.6. The first-order chi connectivity index (χ1) is 23.0. The quantitative estimate of drug-likeness (QED) is 0.102. The van der Waals surface area contributed by atoms with Crippen LogP contribution < -0.4 is 16.0 Å². The van der Waals surface area contributed by atoms with Crippen LogP contribution in [0, 0.1) is 11.3 Å². The number of thiophene rings is 2. The number of benzene rings is 3. The zero-order valence-corrected chi connectivity index (χ0v) is 27.6. The standard InChI is InChI=1S/C37H30N4O3S3/c38-21-31-30-15-14-27(25-8-3-1-4-9-25)19-33(30)47-37(31)41-34(42)23-46-29-13-7-12-28(20-29)39-36(44)32(18-24-16-17-45-22-24)40-35(43)26-10-5-2-6-11-26/h1-13,16-18,20,22,27H,14-15,19,23H2,(H,39,44)(H,40,43)(H,41,42)/b32-18-. The summed E-state index contributed by atoms with van der Waals surface area (Å²) in [5, 5.41) is 22.9. The largest absolute Gasteiger partial charge is 0.321 e. The molecule has 0 saturated heterocycles. The summed E-state index contributed by atoms with van der Waals surface area (Å²) < 4.78 is 0. The lowest BCUT2D eigenvalue weighted by atomic mass is 9.83. The van der Waals surface area contributed by atoms with Crippen molar-refractivity contribution in [3.63, 3.8) is 0 Å². The average molecular weight is 675 g/mol. The topological polar surface area (TPSA) is 111 Å². The van der Waals surface area contributed by atoms with Crippen molar-refractivity contribution in [3.05, 3.63) is 140 Å². The number of thioether (sulfide) groups is 1. The molecule has 1 aliphatic rings. The molecule has 0 saturated carbocycles. The highest BCUT2D eigenvalue weighted by atomic mass is 32.2. The highest BCUT2D eigenvalue weighted by Crippen LogP contribution is 2.42. The molecule has 1 unspecified atom stereocenters. The Labute approximate surface area is 285 Å². The monoisotopic (exact) mass is 674 g/mol. The summed E-state index contributed by atoms with van der Waals surface area (Å²) in [4.78, 5) is 41.2. The smallest absolute Gasteiger partial charge is 0.272 e. The van der Waals surface area contributed by atoms with Gasteiger partial charge in [-0.3, -0.25) is 14.4 Å². The van der Waals surface area contributed by atoms with Crippen LogP contribution in [0.15, 0.2) is 112 Å². The van der Waals surface area contributed by atoms with Crippen LogP contribution in [-0.4, -0.2) is 23.5 Å². The molecule has 234 valence electrons. The molecule has 3 amide bonds. The Morgan fingerprint density at radius 1 is 0.957 bits per heavy atom. The lowest BCUT2D eigenvalue weighted by Gasteiger charge is -2.22. The van der Waals surface area contributed by atoms with E-state index in [-0.39, 0.29) is 23.3 Å². The molecule has 3 aromatic carbocycles. The van der Waals surface area contributed by atoms with Gasteiger partial charge in [-0.1, -0.05) is 54.6 Å². The van der Waals surface area contributed by atoms with Crippen molar-refractivity contribution in [2.75, 3.05) is 16.4 Å². The van der Waals surface area contributed by atoms with Gasteiger partial charge < -0.3 is 16.0 Å². The van der Waals surface area contributed by atoms with Crippen LogP contribution in [0.25, 0.3) is 6.08 Å². The lowest BCUT2D eigenvalue weighted by Crippen LogP contribution is -2.30. The molecule has 0 aliphatic heterocycles. The number of carbonyl (C=O) groups is 3. The van der Waals surface area contributed by atoms with E-state index in [2.05, 4.69) is 46.3 Å². The molecule has 0 fully saturated rings. The number of nitrogens with zero attached hydrogens (tertiary/aromatic N) is 1. The molecule has 1 aliphatic carbocycles. The van der Waals surface area contributed by atoms with Gasteiger partial charge >= 0.3 is 0 Å². The maximum Gasteiger partial charge on any atom is 0.272 e. The van der Waals surface area contributed by atoms with E-state index in [1.165, 1.54) is 44.9 Å². The summed E-state index contributed by atoms with van der Waals surface area (Å²) in [5.41, 5.74) is 4.80. The summed E-state index contributed by atoms with van der Waals surface area (Å²) >= 11 is 4.33. The summed E-state index contributed by atoms with van der Waals surface area (Å²) in [6.45, 7) is 0. The minimum Gasteiger partial charge on any atom is -0.321 e. The van der Waals surface area contributed by atoms with Crippen molar-refractivity contribution in [2.45, 2.75) is 30.1 Å². The number of rotatable bonds is 10.